The number of hydrogen-bond acceptors (Lipinski definition) is 11. The van der Waals surface area contributed by atoms with E-state index in [0.717, 1.165) is 46.6 Å². The third-order valence-electron chi connectivity index (χ3n) is 10.1. The number of carbonyl (C=O) groups excluding carboxylic acids is 2. The molecule has 0 atom stereocenters. The summed E-state index contributed by atoms with van der Waals surface area (Å²) in [6.07, 6.45) is 5.94. The van der Waals surface area contributed by atoms with Gasteiger partial charge in [-0.2, -0.15) is 0 Å². The van der Waals surface area contributed by atoms with Crippen LogP contribution < -0.4 is 40.5 Å². The molecule has 0 spiro atoms. The smallest absolute Gasteiger partial charge is 0.343 e. The van der Waals surface area contributed by atoms with Crippen LogP contribution in [0.4, 0.5) is 68.5 Å². The van der Waals surface area contributed by atoms with E-state index in [2.05, 4.69) is 48.1 Å². The zero-order chi connectivity index (χ0) is 42.7. The van der Waals surface area contributed by atoms with Crippen LogP contribution in [-0.2, 0) is 32.5 Å². The molecular formula is C45H43N10O5S+. The van der Waals surface area contributed by atoms with Crippen molar-refractivity contribution in [1.29, 1.82) is 0 Å². The predicted octanol–water partition coefficient (Wildman–Crippen LogP) is 8.66. The minimum atomic E-state index is -3.44. The first-order valence-electron chi connectivity index (χ1n) is 19.5. The van der Waals surface area contributed by atoms with E-state index in [9.17, 15) is 18.0 Å². The van der Waals surface area contributed by atoms with Crippen LogP contribution in [0.15, 0.2) is 109 Å². The lowest BCUT2D eigenvalue weighted by Crippen LogP contribution is -2.26. The Balaban J connectivity index is 1.01. The number of aromatic nitrogens is 2. The van der Waals surface area contributed by atoms with Gasteiger partial charge in [-0.3, -0.25) is 14.3 Å². The van der Waals surface area contributed by atoms with Crippen LogP contribution in [-0.4, -0.2) is 56.7 Å². The SMILES string of the molecule is COc1cc(C#[N+]c2cc3c(c(Nc4ccnc(Nc5cccc(NS(C)(=O)=O)c5)c4)c2)N(C(C)=O)CC3)ccc1Nc1cc(Nc2cccc3c2N(C(C)=O)CC3)ccn1. The van der Waals surface area contributed by atoms with Gasteiger partial charge < -0.3 is 35.8 Å². The van der Waals surface area contributed by atoms with Gasteiger partial charge in [0, 0.05) is 80.7 Å². The molecule has 8 rings (SSSR count). The molecule has 61 heavy (non-hydrogen) atoms. The fourth-order valence-corrected chi connectivity index (χ4v) is 8.05. The lowest BCUT2D eigenvalue weighted by Gasteiger charge is -2.20. The average Bonchev–Trinajstić information content (AvgIpc) is 3.87. The largest absolute Gasteiger partial charge is 0.495 e. The number of methoxy groups -OCH3 is 1. The Kier molecular flexibility index (Phi) is 11.1. The average molecular weight is 836 g/mol. The summed E-state index contributed by atoms with van der Waals surface area (Å²) < 4.78 is 31.7. The molecule has 0 unspecified atom stereocenters. The molecule has 0 saturated heterocycles. The molecule has 2 aromatic heterocycles. The highest BCUT2D eigenvalue weighted by Crippen LogP contribution is 2.42. The molecule has 0 bridgehead atoms. The fraction of sp³-hybridized carbons (Fsp3) is 0.178. The number of pyridine rings is 2. The second kappa shape index (κ2) is 16.9. The number of nitrogens with one attached hydrogen (secondary N) is 5. The van der Waals surface area contributed by atoms with E-state index in [1.807, 2.05) is 66.7 Å². The topological polar surface area (TPSA) is 174 Å². The van der Waals surface area contributed by atoms with E-state index < -0.39 is 10.0 Å². The van der Waals surface area contributed by atoms with Crippen molar-refractivity contribution in [3.63, 3.8) is 0 Å². The van der Waals surface area contributed by atoms with Crippen molar-refractivity contribution >= 4 is 90.3 Å². The Labute approximate surface area is 353 Å². The van der Waals surface area contributed by atoms with Gasteiger partial charge in [0.05, 0.1) is 53.6 Å². The van der Waals surface area contributed by atoms with Crippen molar-refractivity contribution in [3.05, 3.63) is 131 Å². The summed E-state index contributed by atoms with van der Waals surface area (Å²) in [6.45, 7) is 4.35. The van der Waals surface area contributed by atoms with Crippen molar-refractivity contribution in [2.24, 2.45) is 0 Å². The molecule has 0 radical (unpaired) electrons. The van der Waals surface area contributed by atoms with Crippen LogP contribution in [0.1, 0.15) is 30.5 Å². The molecule has 16 heteroatoms. The fourth-order valence-electron chi connectivity index (χ4n) is 7.50. The summed E-state index contributed by atoms with van der Waals surface area (Å²) in [7, 11) is -1.85. The van der Waals surface area contributed by atoms with Crippen molar-refractivity contribution in [2.45, 2.75) is 26.7 Å². The van der Waals surface area contributed by atoms with Crippen LogP contribution in [0.2, 0.25) is 0 Å². The Morgan fingerprint density at radius 3 is 1.98 bits per heavy atom. The number of benzene rings is 4. The zero-order valence-electron chi connectivity index (χ0n) is 33.9. The minimum absolute atomic E-state index is 0.0107. The van der Waals surface area contributed by atoms with Crippen molar-refractivity contribution in [2.75, 3.05) is 62.2 Å². The number of carbonyl (C=O) groups is 2. The quantitative estimate of drug-likeness (QED) is 0.0845. The lowest BCUT2D eigenvalue weighted by atomic mass is 10.1. The van der Waals surface area contributed by atoms with Gasteiger partial charge in [0.25, 0.3) is 0 Å². The normalized spacial score (nSPS) is 12.7. The second-order valence-electron chi connectivity index (χ2n) is 14.6. The maximum atomic E-state index is 12.7. The molecule has 0 fully saturated rings. The van der Waals surface area contributed by atoms with Crippen molar-refractivity contribution in [3.8, 4) is 11.8 Å². The molecule has 4 aromatic carbocycles. The maximum absolute atomic E-state index is 12.7. The molecule has 2 aliphatic rings. The molecule has 4 heterocycles. The molecule has 6 aromatic rings. The second-order valence-corrected chi connectivity index (χ2v) is 16.4. The van der Waals surface area contributed by atoms with Crippen molar-refractivity contribution in [1.82, 2.24) is 9.97 Å². The number of hydrogen-bond donors (Lipinski definition) is 5. The van der Waals surface area contributed by atoms with Crippen LogP contribution in [0, 0.1) is 6.07 Å². The third kappa shape index (κ3) is 9.32. The first-order chi connectivity index (χ1) is 29.4. The zero-order valence-corrected chi connectivity index (χ0v) is 34.7. The monoisotopic (exact) mass is 835 g/mol. The van der Waals surface area contributed by atoms with Gasteiger partial charge >= 0.3 is 11.8 Å². The summed E-state index contributed by atoms with van der Waals surface area (Å²) in [6, 6.07) is 32.9. The molecule has 308 valence electrons. The van der Waals surface area contributed by atoms with Gasteiger partial charge in [0.15, 0.2) is 0 Å². The van der Waals surface area contributed by atoms with E-state index in [-0.39, 0.29) is 11.8 Å². The number of nitrogens with zero attached hydrogens (tertiary/aromatic N) is 5. The van der Waals surface area contributed by atoms with Gasteiger partial charge in [0.2, 0.25) is 21.8 Å². The number of para-hydroxylation sites is 1. The summed E-state index contributed by atoms with van der Waals surface area (Å²) >= 11 is 0. The van der Waals surface area contributed by atoms with E-state index in [0.29, 0.717) is 76.6 Å². The van der Waals surface area contributed by atoms with Crippen LogP contribution in [0.5, 0.6) is 5.75 Å². The van der Waals surface area contributed by atoms with Gasteiger partial charge in [0.1, 0.15) is 22.9 Å². The number of amides is 2. The summed E-state index contributed by atoms with van der Waals surface area (Å²) in [4.78, 5) is 42.3. The third-order valence-corrected chi connectivity index (χ3v) is 10.7. The van der Waals surface area contributed by atoms with Crippen molar-refractivity contribution < 1.29 is 22.7 Å². The molecule has 5 N–H and O–H groups in total. The predicted molar refractivity (Wildman–Crippen MR) is 242 cm³/mol. The van der Waals surface area contributed by atoms with E-state index in [1.165, 1.54) is 0 Å². The van der Waals surface area contributed by atoms with E-state index in [1.54, 1.807) is 67.4 Å². The van der Waals surface area contributed by atoms with E-state index in [4.69, 9.17) is 9.58 Å². The highest BCUT2D eigenvalue weighted by atomic mass is 32.2. The van der Waals surface area contributed by atoms with Gasteiger partial charge in [-0.1, -0.05) is 18.2 Å². The Morgan fingerprint density at radius 1 is 0.672 bits per heavy atom. The maximum Gasteiger partial charge on any atom is 0.343 e. The first kappa shape index (κ1) is 40.2. The highest BCUT2D eigenvalue weighted by Gasteiger charge is 2.29. The Morgan fingerprint density at radius 2 is 1.30 bits per heavy atom. The number of sulfonamides is 1. The molecule has 0 saturated carbocycles. The van der Waals surface area contributed by atoms with Crippen LogP contribution >= 0.6 is 0 Å². The molecule has 2 amide bonds. The standard InChI is InChI=1S/C45H42N10O5S/c1-28(56)54-19-15-31-7-5-10-39(44(31)54)49-34-13-18-47-43(26-34)52-38-12-11-30(21-41(38)60-3)27-48-37-22-32-16-20-55(29(2)57)45(32)40(24-37)50-35-14-17-46-42(25-35)51-33-8-6-9-36(23-33)53-61(4,58)59/h5-14,17-18,21-26,53H,15-16,19-20H2,1-4H3,(H3,46,47,49,50,51)/p+1. The number of ether oxygens (including phenoxy) is 1. The summed E-state index contributed by atoms with van der Waals surface area (Å²) in [5.74, 6) is 1.62. The van der Waals surface area contributed by atoms with Gasteiger partial charge in [-0.15, -0.1) is 0 Å². The number of fused-ring (bicyclic) bond motifs is 2. The van der Waals surface area contributed by atoms with Gasteiger partial charge in [-0.05, 0) is 77.3 Å². The van der Waals surface area contributed by atoms with E-state index >= 15 is 0 Å². The minimum Gasteiger partial charge on any atom is -0.495 e. The summed E-state index contributed by atoms with van der Waals surface area (Å²) in [5, 5.41) is 13.5. The highest BCUT2D eigenvalue weighted by molar-refractivity contribution is 7.92. The molecular weight excluding hydrogens is 793 g/mol. The Hall–Kier alpha value is -7.64. The molecule has 0 aliphatic carbocycles. The van der Waals surface area contributed by atoms with Crippen LogP contribution in [0.3, 0.4) is 0 Å². The van der Waals surface area contributed by atoms with Crippen LogP contribution in [0.25, 0.3) is 4.85 Å². The number of anilines is 11. The Bertz CT molecular complexity index is 2880. The summed E-state index contributed by atoms with van der Waals surface area (Å²) in [5.41, 5.74) is 9.93. The number of rotatable bonds is 11. The molecule has 15 nitrogen and oxygen atoms in total. The van der Waals surface area contributed by atoms with Gasteiger partial charge in [-0.25, -0.2) is 18.4 Å². The first-order valence-corrected chi connectivity index (χ1v) is 21.4. The molecule has 2 aliphatic heterocycles. The lowest BCUT2D eigenvalue weighted by molar-refractivity contribution is -0.117.